The van der Waals surface area contributed by atoms with E-state index >= 15 is 0 Å². The minimum Gasteiger partial charge on any atom is -0.0654 e. The number of hydrogen-bond acceptors (Lipinski definition) is 0. The fourth-order valence-electron chi connectivity index (χ4n) is 3.70. The second-order valence-corrected chi connectivity index (χ2v) is 6.49. The third kappa shape index (κ3) is 2.59. The zero-order valence-corrected chi connectivity index (χ0v) is 13.7. The summed E-state index contributed by atoms with van der Waals surface area (Å²) in [5.74, 6) is 0. The summed E-state index contributed by atoms with van der Waals surface area (Å²) >= 11 is 0. The molecule has 3 aromatic rings. The number of allylic oxidation sites excluding steroid dienone is 1. The van der Waals surface area contributed by atoms with Crippen molar-refractivity contribution in [2.24, 2.45) is 0 Å². The minimum absolute atomic E-state index is 1.13. The second kappa shape index (κ2) is 6.04. The Morgan fingerprint density at radius 3 is 2.52 bits per heavy atom. The van der Waals surface area contributed by atoms with Gasteiger partial charge in [-0.2, -0.15) is 0 Å². The van der Waals surface area contributed by atoms with Crippen molar-refractivity contribution in [1.29, 1.82) is 0 Å². The summed E-state index contributed by atoms with van der Waals surface area (Å²) in [5, 5.41) is 2.66. The predicted molar refractivity (Wildman–Crippen MR) is 101 cm³/mol. The maximum atomic E-state index is 2.45. The molecule has 0 saturated heterocycles. The van der Waals surface area contributed by atoms with Crippen molar-refractivity contribution >= 4 is 16.8 Å². The highest BCUT2D eigenvalue weighted by Crippen LogP contribution is 2.38. The van der Waals surface area contributed by atoms with Gasteiger partial charge in [0.15, 0.2) is 0 Å². The summed E-state index contributed by atoms with van der Waals surface area (Å²) in [5.41, 5.74) is 7.25. The lowest BCUT2D eigenvalue weighted by molar-refractivity contribution is 0.779. The average molecular weight is 298 g/mol. The fourth-order valence-corrected chi connectivity index (χ4v) is 3.70. The van der Waals surface area contributed by atoms with Gasteiger partial charge in [-0.15, -0.1) is 0 Å². The molecule has 0 radical (unpaired) electrons. The Labute approximate surface area is 138 Å². The first-order chi connectivity index (χ1) is 11.4. The molecule has 0 heterocycles. The van der Waals surface area contributed by atoms with Crippen LogP contribution in [0.3, 0.4) is 0 Å². The van der Waals surface area contributed by atoms with Crippen LogP contribution in [-0.4, -0.2) is 0 Å². The van der Waals surface area contributed by atoms with E-state index in [4.69, 9.17) is 0 Å². The van der Waals surface area contributed by atoms with Gasteiger partial charge in [0.05, 0.1) is 0 Å². The highest BCUT2D eigenvalue weighted by Gasteiger charge is 2.17. The van der Waals surface area contributed by atoms with Crippen LogP contribution in [-0.2, 0) is 6.42 Å². The second-order valence-electron chi connectivity index (χ2n) is 6.49. The van der Waals surface area contributed by atoms with Crippen LogP contribution in [0.2, 0.25) is 0 Å². The largest absolute Gasteiger partial charge is 0.0654 e. The van der Waals surface area contributed by atoms with Gasteiger partial charge in [-0.1, -0.05) is 85.7 Å². The molecular formula is C23H22. The SMILES string of the molecule is CCCCC1=Cc2c(cccc2-c2cccc3ccccc23)C1. The zero-order valence-electron chi connectivity index (χ0n) is 13.7. The molecule has 114 valence electrons. The van der Waals surface area contributed by atoms with E-state index in [0.717, 1.165) is 6.42 Å². The molecule has 0 spiro atoms. The van der Waals surface area contributed by atoms with Crippen molar-refractivity contribution in [2.75, 3.05) is 0 Å². The molecule has 0 saturated carbocycles. The van der Waals surface area contributed by atoms with Crippen LogP contribution in [0.15, 0.2) is 66.2 Å². The van der Waals surface area contributed by atoms with Crippen LogP contribution in [0.4, 0.5) is 0 Å². The minimum atomic E-state index is 1.13. The Hall–Kier alpha value is -2.34. The number of rotatable bonds is 4. The van der Waals surface area contributed by atoms with Crippen molar-refractivity contribution in [3.8, 4) is 11.1 Å². The lowest BCUT2D eigenvalue weighted by Crippen LogP contribution is -1.89. The molecule has 0 amide bonds. The molecule has 0 nitrogen and oxygen atoms in total. The molecule has 0 fully saturated rings. The van der Waals surface area contributed by atoms with Crippen LogP contribution >= 0.6 is 0 Å². The molecule has 23 heavy (non-hydrogen) atoms. The molecule has 4 rings (SSSR count). The zero-order chi connectivity index (χ0) is 15.6. The maximum absolute atomic E-state index is 2.45. The molecular weight excluding hydrogens is 276 g/mol. The normalized spacial score (nSPS) is 13.2. The Kier molecular flexibility index (Phi) is 3.75. The molecule has 1 aliphatic rings. The molecule has 3 aromatic carbocycles. The van der Waals surface area contributed by atoms with Gasteiger partial charge in [0, 0.05) is 0 Å². The van der Waals surface area contributed by atoms with Gasteiger partial charge in [0.2, 0.25) is 0 Å². The van der Waals surface area contributed by atoms with E-state index in [9.17, 15) is 0 Å². The lowest BCUT2D eigenvalue weighted by atomic mass is 9.93. The van der Waals surface area contributed by atoms with Crippen LogP contribution in [0, 0.1) is 0 Å². The van der Waals surface area contributed by atoms with Gasteiger partial charge in [-0.25, -0.2) is 0 Å². The molecule has 0 bridgehead atoms. The van der Waals surface area contributed by atoms with Crippen molar-refractivity contribution in [1.82, 2.24) is 0 Å². The van der Waals surface area contributed by atoms with Crippen molar-refractivity contribution in [3.63, 3.8) is 0 Å². The van der Waals surface area contributed by atoms with Crippen LogP contribution < -0.4 is 0 Å². The lowest BCUT2D eigenvalue weighted by Gasteiger charge is -2.11. The van der Waals surface area contributed by atoms with E-state index in [2.05, 4.69) is 73.7 Å². The maximum Gasteiger partial charge on any atom is -0.00576 e. The summed E-state index contributed by atoms with van der Waals surface area (Å²) in [4.78, 5) is 0. The highest BCUT2D eigenvalue weighted by molar-refractivity contribution is 5.99. The summed E-state index contributed by atoms with van der Waals surface area (Å²) in [6, 6.07) is 22.1. The molecule has 0 heteroatoms. The summed E-state index contributed by atoms with van der Waals surface area (Å²) in [6.45, 7) is 2.27. The van der Waals surface area contributed by atoms with E-state index in [1.807, 2.05) is 0 Å². The van der Waals surface area contributed by atoms with E-state index in [0.29, 0.717) is 0 Å². The van der Waals surface area contributed by atoms with Crippen molar-refractivity contribution in [2.45, 2.75) is 32.6 Å². The monoisotopic (exact) mass is 298 g/mol. The molecule has 0 N–H and O–H groups in total. The Morgan fingerprint density at radius 2 is 1.61 bits per heavy atom. The molecule has 0 aliphatic heterocycles. The van der Waals surface area contributed by atoms with Crippen molar-refractivity contribution < 1.29 is 0 Å². The van der Waals surface area contributed by atoms with Gasteiger partial charge >= 0.3 is 0 Å². The van der Waals surface area contributed by atoms with E-state index < -0.39 is 0 Å². The standard InChI is InChI=1S/C23H22/c1-2-3-8-17-15-19-11-7-14-22(23(19)16-17)21-13-6-10-18-9-4-5-12-20(18)21/h4-7,9-14,16H,2-3,8,15H2,1H3. The topological polar surface area (TPSA) is 0 Å². The molecule has 0 aromatic heterocycles. The first-order valence-corrected chi connectivity index (χ1v) is 8.66. The van der Waals surface area contributed by atoms with Crippen LogP contribution in [0.1, 0.15) is 37.3 Å². The van der Waals surface area contributed by atoms with Crippen molar-refractivity contribution in [3.05, 3.63) is 77.4 Å². The fraction of sp³-hybridized carbons (Fsp3) is 0.217. The average Bonchev–Trinajstić information content (AvgIpc) is 3.02. The first-order valence-electron chi connectivity index (χ1n) is 8.66. The predicted octanol–water partition coefficient (Wildman–Crippen LogP) is 6.64. The smallest absolute Gasteiger partial charge is 0.00576 e. The summed E-state index contributed by atoms with van der Waals surface area (Å²) < 4.78 is 0. The number of unbranched alkanes of at least 4 members (excludes halogenated alkanes) is 1. The molecule has 0 atom stereocenters. The quantitative estimate of drug-likeness (QED) is 0.506. The number of hydrogen-bond donors (Lipinski definition) is 0. The summed E-state index contributed by atoms with van der Waals surface area (Å²) in [7, 11) is 0. The van der Waals surface area contributed by atoms with Crippen LogP contribution in [0.25, 0.3) is 28.0 Å². The highest BCUT2D eigenvalue weighted by atomic mass is 14.2. The third-order valence-electron chi connectivity index (χ3n) is 4.89. The Bertz CT molecular complexity index is 878. The third-order valence-corrected chi connectivity index (χ3v) is 4.89. The van der Waals surface area contributed by atoms with E-state index in [1.54, 1.807) is 5.57 Å². The molecule has 0 unspecified atom stereocenters. The van der Waals surface area contributed by atoms with E-state index in [1.165, 1.54) is 52.3 Å². The first kappa shape index (κ1) is 14.3. The van der Waals surface area contributed by atoms with Gasteiger partial charge < -0.3 is 0 Å². The van der Waals surface area contributed by atoms with Gasteiger partial charge in [0.1, 0.15) is 0 Å². The van der Waals surface area contributed by atoms with Crippen LogP contribution in [0.5, 0.6) is 0 Å². The van der Waals surface area contributed by atoms with Gasteiger partial charge in [0.25, 0.3) is 0 Å². The Morgan fingerprint density at radius 1 is 0.826 bits per heavy atom. The van der Waals surface area contributed by atoms with Gasteiger partial charge in [-0.3, -0.25) is 0 Å². The Balaban J connectivity index is 1.85. The molecule has 1 aliphatic carbocycles. The van der Waals surface area contributed by atoms with E-state index in [-0.39, 0.29) is 0 Å². The number of fused-ring (bicyclic) bond motifs is 2. The van der Waals surface area contributed by atoms with Gasteiger partial charge in [-0.05, 0) is 52.3 Å². The number of benzene rings is 3. The summed E-state index contributed by atoms with van der Waals surface area (Å²) in [6.07, 6.45) is 7.38.